The highest BCUT2D eigenvalue weighted by atomic mass is 16.2. The molecule has 1 fully saturated rings. The Bertz CT molecular complexity index is 642. The third kappa shape index (κ3) is 2.08. The molecule has 1 unspecified atom stereocenters. The first-order chi connectivity index (χ1) is 9.28. The van der Waals surface area contributed by atoms with Crippen LogP contribution in [-0.4, -0.2) is 27.4 Å². The van der Waals surface area contributed by atoms with Crippen molar-refractivity contribution in [3.05, 3.63) is 36.7 Å². The van der Waals surface area contributed by atoms with Crippen LogP contribution in [0.1, 0.15) is 6.42 Å². The molecule has 5 nitrogen and oxygen atoms in total. The average molecular weight is 252 g/mol. The maximum Gasteiger partial charge on any atom is 0.228 e. The van der Waals surface area contributed by atoms with Gasteiger partial charge < -0.3 is 4.90 Å². The van der Waals surface area contributed by atoms with Gasteiger partial charge in [0.1, 0.15) is 0 Å². The first-order valence-electron chi connectivity index (χ1n) is 6.01. The molecule has 0 bridgehead atoms. The molecule has 1 saturated heterocycles. The Morgan fingerprint density at radius 1 is 1.26 bits per heavy atom. The number of rotatable bonds is 2. The van der Waals surface area contributed by atoms with Gasteiger partial charge in [-0.2, -0.15) is 15.0 Å². The number of aromatic nitrogens is 3. The van der Waals surface area contributed by atoms with Crippen LogP contribution < -0.4 is 4.90 Å². The number of hydrogen-bond acceptors (Lipinski definition) is 3. The molecule has 2 aromatic rings. The van der Waals surface area contributed by atoms with Crippen LogP contribution in [0.15, 0.2) is 36.7 Å². The van der Waals surface area contributed by atoms with Crippen LogP contribution in [0.25, 0.3) is 5.69 Å². The first kappa shape index (κ1) is 11.5. The van der Waals surface area contributed by atoms with Crippen LogP contribution in [-0.2, 0) is 4.79 Å². The molecule has 0 spiro atoms. The van der Waals surface area contributed by atoms with E-state index in [1.54, 1.807) is 17.3 Å². The molecule has 0 N–H and O–H groups in total. The lowest BCUT2D eigenvalue weighted by molar-refractivity contribution is -0.117. The summed E-state index contributed by atoms with van der Waals surface area (Å²) < 4.78 is 0. The molecule has 1 aromatic carbocycles. The monoisotopic (exact) mass is 252 g/mol. The third-order valence-electron chi connectivity index (χ3n) is 3.15. The summed E-state index contributed by atoms with van der Waals surface area (Å²) in [4.78, 5) is 15.2. The van der Waals surface area contributed by atoms with E-state index in [0.717, 1.165) is 11.4 Å². The van der Waals surface area contributed by atoms with Crippen molar-refractivity contribution >= 4 is 11.6 Å². The quantitative estimate of drug-likeness (QED) is 0.756. The molecule has 1 aliphatic heterocycles. The highest BCUT2D eigenvalue weighted by Crippen LogP contribution is 2.25. The van der Waals surface area contributed by atoms with E-state index < -0.39 is 0 Å². The van der Waals surface area contributed by atoms with Gasteiger partial charge in [0.05, 0.1) is 18.1 Å². The van der Waals surface area contributed by atoms with Crippen molar-refractivity contribution in [2.45, 2.75) is 6.42 Å². The Morgan fingerprint density at radius 3 is 2.68 bits per heavy atom. The molecular weight excluding hydrogens is 240 g/mol. The highest BCUT2D eigenvalue weighted by Gasteiger charge is 2.29. The maximum atomic E-state index is 11.9. The number of amides is 1. The molecule has 1 amide bonds. The number of hydrogen-bond donors (Lipinski definition) is 0. The summed E-state index contributed by atoms with van der Waals surface area (Å²) in [6.07, 6.45) is 9.03. The van der Waals surface area contributed by atoms with Crippen molar-refractivity contribution in [2.75, 3.05) is 11.4 Å². The second-order valence-electron chi connectivity index (χ2n) is 4.41. The van der Waals surface area contributed by atoms with Gasteiger partial charge in [-0.25, -0.2) is 0 Å². The number of carbonyl (C=O) groups is 1. The lowest BCUT2D eigenvalue weighted by atomic mass is 10.1. The minimum absolute atomic E-state index is 0.000940. The molecule has 0 radical (unpaired) electrons. The lowest BCUT2D eigenvalue weighted by Crippen LogP contribution is -2.24. The summed E-state index contributed by atoms with van der Waals surface area (Å²) in [5.74, 6) is 2.71. The summed E-state index contributed by atoms with van der Waals surface area (Å²) in [5.41, 5.74) is 1.65. The lowest BCUT2D eigenvalue weighted by Gasteiger charge is -2.16. The van der Waals surface area contributed by atoms with Crippen LogP contribution in [0, 0.1) is 18.3 Å². The zero-order valence-corrected chi connectivity index (χ0v) is 10.2. The topological polar surface area (TPSA) is 51.0 Å². The molecule has 1 aromatic heterocycles. The minimum Gasteiger partial charge on any atom is -0.311 e. The normalized spacial score (nSPS) is 18.6. The first-order valence-corrected chi connectivity index (χ1v) is 6.01. The number of anilines is 1. The fourth-order valence-corrected chi connectivity index (χ4v) is 2.20. The zero-order valence-electron chi connectivity index (χ0n) is 10.2. The summed E-state index contributed by atoms with van der Waals surface area (Å²) in [5, 5.41) is 8.15. The molecular formula is C14H12N4O. The smallest absolute Gasteiger partial charge is 0.228 e. The van der Waals surface area contributed by atoms with Gasteiger partial charge in [-0.05, 0) is 18.2 Å². The molecule has 0 aliphatic carbocycles. The molecule has 5 heteroatoms. The maximum absolute atomic E-state index is 11.9. The predicted octanol–water partition coefficient (Wildman–Crippen LogP) is 1.25. The van der Waals surface area contributed by atoms with Gasteiger partial charge in [0.25, 0.3) is 0 Å². The van der Waals surface area contributed by atoms with E-state index in [-0.39, 0.29) is 11.8 Å². The molecule has 19 heavy (non-hydrogen) atoms. The Labute approximate surface area is 110 Å². The van der Waals surface area contributed by atoms with E-state index in [2.05, 4.69) is 16.1 Å². The van der Waals surface area contributed by atoms with Crippen molar-refractivity contribution in [1.29, 1.82) is 0 Å². The van der Waals surface area contributed by atoms with Crippen LogP contribution in [0.2, 0.25) is 0 Å². The summed E-state index contributed by atoms with van der Waals surface area (Å²) in [6.45, 7) is 0.575. The molecule has 3 rings (SSSR count). The van der Waals surface area contributed by atoms with Gasteiger partial charge in [-0.3, -0.25) is 4.79 Å². The second kappa shape index (κ2) is 4.58. The zero-order chi connectivity index (χ0) is 13.2. The summed E-state index contributed by atoms with van der Waals surface area (Å²) in [6, 6.07) is 7.55. The molecule has 1 aliphatic rings. The third-order valence-corrected chi connectivity index (χ3v) is 3.15. The fraction of sp³-hybridized carbons (Fsp3) is 0.214. The van der Waals surface area contributed by atoms with Gasteiger partial charge in [0.2, 0.25) is 5.91 Å². The summed E-state index contributed by atoms with van der Waals surface area (Å²) in [7, 11) is 0. The number of benzene rings is 1. The van der Waals surface area contributed by atoms with E-state index in [9.17, 15) is 4.79 Å². The van der Waals surface area contributed by atoms with E-state index in [1.165, 1.54) is 4.80 Å². The van der Waals surface area contributed by atoms with Gasteiger partial charge in [0, 0.05) is 24.6 Å². The van der Waals surface area contributed by atoms with Crippen LogP contribution in [0.5, 0.6) is 0 Å². The van der Waals surface area contributed by atoms with E-state index >= 15 is 0 Å². The van der Waals surface area contributed by atoms with Crippen molar-refractivity contribution in [3.8, 4) is 18.0 Å². The largest absolute Gasteiger partial charge is 0.311 e. The predicted molar refractivity (Wildman–Crippen MR) is 70.7 cm³/mol. The Balaban J connectivity index is 1.92. The average Bonchev–Trinajstić information content (AvgIpc) is 3.08. The van der Waals surface area contributed by atoms with Crippen LogP contribution >= 0.6 is 0 Å². The van der Waals surface area contributed by atoms with E-state index in [0.29, 0.717) is 13.0 Å². The Hall–Kier alpha value is -2.61. The standard InChI is InChI=1S/C14H12N4O/c1-2-11-8-14(19)17(10-11)12-4-3-5-13(9-12)18-15-6-7-16-18/h1,3-7,9,11H,8,10H2. The van der Waals surface area contributed by atoms with Crippen LogP contribution in [0.4, 0.5) is 5.69 Å². The second-order valence-corrected chi connectivity index (χ2v) is 4.41. The van der Waals surface area contributed by atoms with Crippen molar-refractivity contribution in [3.63, 3.8) is 0 Å². The van der Waals surface area contributed by atoms with Gasteiger partial charge in [-0.1, -0.05) is 6.07 Å². The number of terminal acetylenes is 1. The Morgan fingerprint density at radius 2 is 2.00 bits per heavy atom. The minimum atomic E-state index is -0.000940. The van der Waals surface area contributed by atoms with Crippen molar-refractivity contribution < 1.29 is 4.79 Å². The molecule has 1 atom stereocenters. The van der Waals surface area contributed by atoms with Gasteiger partial charge >= 0.3 is 0 Å². The van der Waals surface area contributed by atoms with Gasteiger partial charge in [-0.15, -0.1) is 12.3 Å². The summed E-state index contributed by atoms with van der Waals surface area (Å²) >= 11 is 0. The molecule has 94 valence electrons. The molecule has 2 heterocycles. The van der Waals surface area contributed by atoms with Crippen LogP contribution in [0.3, 0.4) is 0 Å². The van der Waals surface area contributed by atoms with Gasteiger partial charge in [0.15, 0.2) is 0 Å². The van der Waals surface area contributed by atoms with Crippen molar-refractivity contribution in [1.82, 2.24) is 15.0 Å². The van der Waals surface area contributed by atoms with Crippen molar-refractivity contribution in [2.24, 2.45) is 5.92 Å². The van der Waals surface area contributed by atoms with E-state index in [1.807, 2.05) is 24.3 Å². The number of carbonyl (C=O) groups excluding carboxylic acids is 1. The SMILES string of the molecule is C#CC1CC(=O)N(c2cccc(-n3nccn3)c2)C1. The Kier molecular flexibility index (Phi) is 2.76. The van der Waals surface area contributed by atoms with E-state index in [4.69, 9.17) is 6.42 Å². The fourth-order valence-electron chi connectivity index (χ4n) is 2.20. The number of nitrogens with zero attached hydrogens (tertiary/aromatic N) is 4. The highest BCUT2D eigenvalue weighted by molar-refractivity contribution is 5.96. The molecule has 0 saturated carbocycles.